The van der Waals surface area contributed by atoms with E-state index in [0.29, 0.717) is 12.3 Å². The van der Waals surface area contributed by atoms with Gasteiger partial charge in [-0.25, -0.2) is 0 Å². The van der Waals surface area contributed by atoms with E-state index in [1.165, 1.54) is 24.0 Å². The summed E-state index contributed by atoms with van der Waals surface area (Å²) in [7, 11) is 0. The molecule has 0 atom stereocenters. The molecule has 0 saturated carbocycles. The number of nitrogens with zero attached hydrogens (tertiary/aromatic N) is 1. The fourth-order valence-corrected chi connectivity index (χ4v) is 3.03. The zero-order valence-electron chi connectivity index (χ0n) is 10.9. The molecule has 18 heavy (non-hydrogen) atoms. The van der Waals surface area contributed by atoms with Gasteiger partial charge in [0.15, 0.2) is 0 Å². The second-order valence-corrected chi connectivity index (χ2v) is 5.51. The maximum Gasteiger partial charge on any atom is 0.231 e. The first-order chi connectivity index (χ1) is 8.74. The monoisotopic (exact) mass is 244 g/mol. The largest absolute Gasteiger partial charge is 0.317 e. The molecule has 1 aromatic rings. The van der Waals surface area contributed by atoms with Gasteiger partial charge in [-0.05, 0) is 50.4 Å². The summed E-state index contributed by atoms with van der Waals surface area (Å²) in [6.45, 7) is 5.16. The normalized spacial score (nSPS) is 20.3. The van der Waals surface area contributed by atoms with Crippen LogP contribution in [0.2, 0.25) is 0 Å². The predicted octanol–water partition coefficient (Wildman–Crippen LogP) is 1.88. The highest BCUT2D eigenvalue weighted by Gasteiger charge is 2.29. The number of rotatable bonds is 2. The number of aryl methyl sites for hydroxylation is 1. The average molecular weight is 244 g/mol. The van der Waals surface area contributed by atoms with Crippen LogP contribution in [0.3, 0.4) is 0 Å². The number of fused-ring (bicyclic) bond motifs is 1. The van der Waals surface area contributed by atoms with Crippen molar-refractivity contribution in [3.05, 3.63) is 29.3 Å². The smallest absolute Gasteiger partial charge is 0.231 e. The van der Waals surface area contributed by atoms with Crippen LogP contribution in [0.1, 0.15) is 24.0 Å². The van der Waals surface area contributed by atoms with Crippen LogP contribution in [0.15, 0.2) is 18.2 Å². The maximum absolute atomic E-state index is 12.1. The Hall–Kier alpha value is -1.35. The van der Waals surface area contributed by atoms with E-state index < -0.39 is 0 Å². The van der Waals surface area contributed by atoms with Crippen LogP contribution >= 0.6 is 0 Å². The highest BCUT2D eigenvalue weighted by molar-refractivity contribution is 6.01. The zero-order chi connectivity index (χ0) is 12.5. The van der Waals surface area contributed by atoms with Crippen LogP contribution in [0.4, 0.5) is 5.69 Å². The van der Waals surface area contributed by atoms with E-state index in [0.717, 1.165) is 25.3 Å². The van der Waals surface area contributed by atoms with E-state index in [1.54, 1.807) is 0 Å². The molecule has 0 radical (unpaired) electrons. The number of amides is 1. The summed E-state index contributed by atoms with van der Waals surface area (Å²) in [4.78, 5) is 14.1. The van der Waals surface area contributed by atoms with Gasteiger partial charge in [-0.15, -0.1) is 0 Å². The first-order valence-electron chi connectivity index (χ1n) is 6.84. The molecule has 2 heterocycles. The lowest BCUT2D eigenvalue weighted by Crippen LogP contribution is -2.37. The molecule has 3 rings (SSSR count). The number of piperidine rings is 1. The molecule has 1 amide bonds. The van der Waals surface area contributed by atoms with Gasteiger partial charge in [0.05, 0.1) is 6.42 Å². The Kier molecular flexibility index (Phi) is 3.08. The molecule has 0 aliphatic carbocycles. The molecule has 1 N–H and O–H groups in total. The molecule has 2 aliphatic rings. The summed E-state index contributed by atoms with van der Waals surface area (Å²) in [5.74, 6) is 0.927. The van der Waals surface area contributed by atoms with Crippen molar-refractivity contribution in [1.29, 1.82) is 0 Å². The summed E-state index contributed by atoms with van der Waals surface area (Å²) in [6, 6.07) is 6.36. The highest BCUT2D eigenvalue weighted by Crippen LogP contribution is 2.31. The van der Waals surface area contributed by atoms with E-state index in [4.69, 9.17) is 0 Å². The van der Waals surface area contributed by atoms with Crippen molar-refractivity contribution >= 4 is 11.6 Å². The standard InChI is InChI=1S/C15H20N2O/c1-11-2-3-14-13(8-11)9-15(18)17(14)10-12-4-6-16-7-5-12/h2-3,8,12,16H,4-7,9-10H2,1H3. The topological polar surface area (TPSA) is 32.3 Å². The number of anilines is 1. The van der Waals surface area contributed by atoms with Crippen molar-refractivity contribution in [2.24, 2.45) is 5.92 Å². The Morgan fingerprint density at radius 2 is 2.11 bits per heavy atom. The van der Waals surface area contributed by atoms with Crippen molar-refractivity contribution in [2.45, 2.75) is 26.2 Å². The predicted molar refractivity (Wildman–Crippen MR) is 72.8 cm³/mol. The molecule has 1 aromatic carbocycles. The SMILES string of the molecule is Cc1ccc2c(c1)CC(=O)N2CC1CCNCC1. The van der Waals surface area contributed by atoms with Crippen LogP contribution in [-0.4, -0.2) is 25.5 Å². The van der Waals surface area contributed by atoms with Gasteiger partial charge in [-0.1, -0.05) is 17.7 Å². The second-order valence-electron chi connectivity index (χ2n) is 5.51. The van der Waals surface area contributed by atoms with Crippen LogP contribution in [0, 0.1) is 12.8 Å². The van der Waals surface area contributed by atoms with Gasteiger partial charge in [0.2, 0.25) is 5.91 Å². The second kappa shape index (κ2) is 4.73. The van der Waals surface area contributed by atoms with E-state index >= 15 is 0 Å². The first-order valence-corrected chi connectivity index (χ1v) is 6.84. The summed E-state index contributed by atoms with van der Waals surface area (Å²) in [5.41, 5.74) is 3.59. The molecule has 0 spiro atoms. The number of nitrogens with one attached hydrogen (secondary N) is 1. The number of hydrogen-bond acceptors (Lipinski definition) is 2. The molecule has 3 heteroatoms. The molecule has 0 unspecified atom stereocenters. The van der Waals surface area contributed by atoms with Gasteiger partial charge >= 0.3 is 0 Å². The van der Waals surface area contributed by atoms with Gasteiger partial charge in [0.25, 0.3) is 0 Å². The summed E-state index contributed by atoms with van der Waals surface area (Å²) in [5, 5.41) is 3.37. The Balaban J connectivity index is 1.78. The third-order valence-electron chi connectivity index (χ3n) is 4.07. The lowest BCUT2D eigenvalue weighted by atomic mass is 9.97. The third kappa shape index (κ3) is 2.15. The summed E-state index contributed by atoms with van der Waals surface area (Å²) in [6.07, 6.45) is 2.96. The van der Waals surface area contributed by atoms with Crippen molar-refractivity contribution in [3.63, 3.8) is 0 Å². The lowest BCUT2D eigenvalue weighted by molar-refractivity contribution is -0.117. The molecule has 0 aromatic heterocycles. The molecule has 0 bridgehead atoms. The number of carbonyl (C=O) groups excluding carboxylic acids is 1. The number of hydrogen-bond donors (Lipinski definition) is 1. The van der Waals surface area contributed by atoms with Crippen LogP contribution in [0.5, 0.6) is 0 Å². The van der Waals surface area contributed by atoms with Crippen LogP contribution < -0.4 is 10.2 Å². The minimum Gasteiger partial charge on any atom is -0.317 e. The van der Waals surface area contributed by atoms with E-state index in [1.807, 2.05) is 4.90 Å². The first kappa shape index (κ1) is 11.7. The third-order valence-corrected chi connectivity index (χ3v) is 4.07. The summed E-state index contributed by atoms with van der Waals surface area (Å²) >= 11 is 0. The van der Waals surface area contributed by atoms with Crippen LogP contribution in [-0.2, 0) is 11.2 Å². The minimum atomic E-state index is 0.272. The molecule has 96 valence electrons. The van der Waals surface area contributed by atoms with E-state index in [2.05, 4.69) is 30.4 Å². The van der Waals surface area contributed by atoms with Gasteiger partial charge in [0.1, 0.15) is 0 Å². The Morgan fingerprint density at radius 1 is 1.33 bits per heavy atom. The molecule has 1 fully saturated rings. The van der Waals surface area contributed by atoms with Gasteiger partial charge in [-0.2, -0.15) is 0 Å². The quantitative estimate of drug-likeness (QED) is 0.861. The number of benzene rings is 1. The Bertz CT molecular complexity index is 464. The fraction of sp³-hybridized carbons (Fsp3) is 0.533. The van der Waals surface area contributed by atoms with E-state index in [9.17, 15) is 4.79 Å². The van der Waals surface area contributed by atoms with Crippen molar-refractivity contribution < 1.29 is 4.79 Å². The van der Waals surface area contributed by atoms with Crippen molar-refractivity contribution in [2.75, 3.05) is 24.5 Å². The number of carbonyl (C=O) groups is 1. The van der Waals surface area contributed by atoms with Gasteiger partial charge < -0.3 is 10.2 Å². The minimum absolute atomic E-state index is 0.272. The molecule has 1 saturated heterocycles. The molecular weight excluding hydrogens is 224 g/mol. The average Bonchev–Trinajstić information content (AvgIpc) is 2.66. The van der Waals surface area contributed by atoms with Crippen molar-refractivity contribution in [1.82, 2.24) is 5.32 Å². The lowest BCUT2D eigenvalue weighted by Gasteiger charge is -2.27. The Morgan fingerprint density at radius 3 is 2.89 bits per heavy atom. The van der Waals surface area contributed by atoms with E-state index in [-0.39, 0.29) is 5.91 Å². The maximum atomic E-state index is 12.1. The highest BCUT2D eigenvalue weighted by atomic mass is 16.2. The van der Waals surface area contributed by atoms with Gasteiger partial charge in [-0.3, -0.25) is 4.79 Å². The van der Waals surface area contributed by atoms with Gasteiger partial charge in [0, 0.05) is 12.2 Å². The Labute approximate surface area is 108 Å². The van der Waals surface area contributed by atoms with Crippen LogP contribution in [0.25, 0.3) is 0 Å². The summed E-state index contributed by atoms with van der Waals surface area (Å²) < 4.78 is 0. The zero-order valence-corrected chi connectivity index (χ0v) is 10.9. The molecular formula is C15H20N2O. The fourth-order valence-electron chi connectivity index (χ4n) is 3.03. The molecule has 3 nitrogen and oxygen atoms in total. The van der Waals surface area contributed by atoms with Crippen molar-refractivity contribution in [3.8, 4) is 0 Å². The molecule has 2 aliphatic heterocycles.